The van der Waals surface area contributed by atoms with Gasteiger partial charge >= 0.3 is 6.11 Å². The monoisotopic (exact) mass is 418 g/mol. The van der Waals surface area contributed by atoms with Crippen molar-refractivity contribution in [3.8, 4) is 5.75 Å². The SMILES string of the molecule is C=CCCc1cc2ccc(OC(F)(F)C3CCC(CCCCC)CC3)cc2cc1F. The first-order chi connectivity index (χ1) is 14.4. The molecule has 4 heteroatoms. The fraction of sp³-hybridized carbons (Fsp3) is 0.538. The highest BCUT2D eigenvalue weighted by Gasteiger charge is 2.43. The van der Waals surface area contributed by atoms with Gasteiger partial charge in [-0.2, -0.15) is 8.78 Å². The Morgan fingerprint density at radius 2 is 1.83 bits per heavy atom. The number of fused-ring (bicyclic) bond motifs is 1. The van der Waals surface area contributed by atoms with Crippen LogP contribution in [0.5, 0.6) is 5.75 Å². The molecule has 0 unspecified atom stereocenters. The Balaban J connectivity index is 1.64. The number of hydrogen-bond acceptors (Lipinski definition) is 1. The first-order valence-corrected chi connectivity index (χ1v) is 11.3. The van der Waals surface area contributed by atoms with Crippen molar-refractivity contribution < 1.29 is 17.9 Å². The number of unbranched alkanes of at least 4 members (excludes halogenated alkanes) is 2. The minimum Gasteiger partial charge on any atom is -0.432 e. The lowest BCUT2D eigenvalue weighted by Crippen LogP contribution is -2.37. The molecule has 0 heterocycles. The maximum absolute atomic E-state index is 14.8. The first-order valence-electron chi connectivity index (χ1n) is 11.3. The van der Waals surface area contributed by atoms with Gasteiger partial charge in [-0.05, 0) is 85.0 Å². The van der Waals surface area contributed by atoms with Gasteiger partial charge in [-0.3, -0.25) is 0 Å². The number of alkyl halides is 2. The van der Waals surface area contributed by atoms with E-state index in [1.807, 2.05) is 0 Å². The van der Waals surface area contributed by atoms with Crippen molar-refractivity contribution in [2.24, 2.45) is 11.8 Å². The highest BCUT2D eigenvalue weighted by atomic mass is 19.3. The summed E-state index contributed by atoms with van der Waals surface area (Å²) in [7, 11) is 0. The summed E-state index contributed by atoms with van der Waals surface area (Å²) < 4.78 is 49.1. The maximum atomic E-state index is 14.8. The molecule has 0 radical (unpaired) electrons. The number of halogens is 3. The van der Waals surface area contributed by atoms with Crippen LogP contribution in [0.25, 0.3) is 10.8 Å². The summed E-state index contributed by atoms with van der Waals surface area (Å²) in [6.45, 7) is 5.84. The van der Waals surface area contributed by atoms with Gasteiger partial charge in [0, 0.05) is 0 Å². The molecule has 3 rings (SSSR count). The van der Waals surface area contributed by atoms with Crippen LogP contribution >= 0.6 is 0 Å². The molecule has 1 nitrogen and oxygen atoms in total. The molecular weight excluding hydrogens is 385 g/mol. The third kappa shape index (κ3) is 5.80. The number of aryl methyl sites for hydroxylation is 1. The summed E-state index contributed by atoms with van der Waals surface area (Å²) in [5.74, 6) is -0.415. The second-order valence-electron chi connectivity index (χ2n) is 8.66. The molecule has 1 saturated carbocycles. The van der Waals surface area contributed by atoms with Gasteiger partial charge in [0.25, 0.3) is 0 Å². The molecule has 0 bridgehead atoms. The van der Waals surface area contributed by atoms with Crippen LogP contribution in [0.4, 0.5) is 13.2 Å². The van der Waals surface area contributed by atoms with Gasteiger partial charge in [0.2, 0.25) is 0 Å². The molecule has 0 aromatic heterocycles. The van der Waals surface area contributed by atoms with Crippen LogP contribution in [0.3, 0.4) is 0 Å². The van der Waals surface area contributed by atoms with Crippen LogP contribution in [0.15, 0.2) is 43.0 Å². The van der Waals surface area contributed by atoms with Crippen LogP contribution in [0.1, 0.15) is 70.3 Å². The molecule has 0 aliphatic heterocycles. The van der Waals surface area contributed by atoms with Crippen molar-refractivity contribution in [3.05, 3.63) is 54.4 Å². The normalized spacial score (nSPS) is 19.7. The molecule has 30 heavy (non-hydrogen) atoms. The molecule has 164 valence electrons. The Kier molecular flexibility index (Phi) is 7.85. The van der Waals surface area contributed by atoms with E-state index in [0.717, 1.165) is 24.6 Å². The quantitative estimate of drug-likeness (QED) is 0.278. The first kappa shape index (κ1) is 22.7. The van der Waals surface area contributed by atoms with E-state index in [1.54, 1.807) is 24.3 Å². The molecular formula is C26H33F3O. The second kappa shape index (κ2) is 10.4. The van der Waals surface area contributed by atoms with Crippen LogP contribution in [-0.4, -0.2) is 6.11 Å². The number of hydrogen-bond donors (Lipinski definition) is 0. The molecule has 0 saturated heterocycles. The van der Waals surface area contributed by atoms with E-state index in [0.29, 0.717) is 42.6 Å². The van der Waals surface area contributed by atoms with Crippen LogP contribution in [-0.2, 0) is 6.42 Å². The molecule has 1 aliphatic carbocycles. The molecule has 1 aliphatic rings. The van der Waals surface area contributed by atoms with E-state index in [-0.39, 0.29) is 11.6 Å². The highest BCUT2D eigenvalue weighted by Crippen LogP contribution is 2.41. The summed E-state index contributed by atoms with van der Waals surface area (Å²) >= 11 is 0. The Hall–Kier alpha value is -1.97. The molecule has 2 aromatic carbocycles. The molecule has 1 fully saturated rings. The summed E-state index contributed by atoms with van der Waals surface area (Å²) in [5.41, 5.74) is 0.608. The standard InChI is InChI=1S/C26H33F3O/c1-3-5-7-8-19-10-13-23(14-11-19)26(28,29)30-24-15-12-20-16-21(9-6-4-2)25(27)18-22(20)17-24/h4,12,15-19,23H,2-3,5-11,13-14H2,1H3. The summed E-state index contributed by atoms with van der Waals surface area (Å²) in [4.78, 5) is 0. The number of ether oxygens (including phenoxy) is 1. The van der Waals surface area contributed by atoms with Gasteiger partial charge in [-0.15, -0.1) is 6.58 Å². The van der Waals surface area contributed by atoms with Crippen molar-refractivity contribution in [3.63, 3.8) is 0 Å². The van der Waals surface area contributed by atoms with Crippen LogP contribution in [0.2, 0.25) is 0 Å². The molecule has 2 aromatic rings. The Morgan fingerprint density at radius 3 is 2.53 bits per heavy atom. The van der Waals surface area contributed by atoms with Crippen molar-refractivity contribution in [2.45, 2.75) is 77.2 Å². The van der Waals surface area contributed by atoms with Crippen molar-refractivity contribution >= 4 is 10.8 Å². The van der Waals surface area contributed by atoms with E-state index >= 15 is 0 Å². The third-order valence-electron chi connectivity index (χ3n) is 6.39. The maximum Gasteiger partial charge on any atom is 0.400 e. The van der Waals surface area contributed by atoms with Crippen molar-refractivity contribution in [1.82, 2.24) is 0 Å². The zero-order valence-electron chi connectivity index (χ0n) is 17.9. The number of benzene rings is 2. The van der Waals surface area contributed by atoms with E-state index in [2.05, 4.69) is 13.5 Å². The van der Waals surface area contributed by atoms with E-state index in [9.17, 15) is 13.2 Å². The molecule has 0 spiro atoms. The van der Waals surface area contributed by atoms with Crippen molar-refractivity contribution in [1.29, 1.82) is 0 Å². The zero-order valence-corrected chi connectivity index (χ0v) is 17.9. The molecule has 0 atom stereocenters. The predicted molar refractivity (Wildman–Crippen MR) is 118 cm³/mol. The van der Waals surface area contributed by atoms with Crippen LogP contribution in [0, 0.1) is 17.7 Å². The van der Waals surface area contributed by atoms with Crippen molar-refractivity contribution in [2.75, 3.05) is 0 Å². The van der Waals surface area contributed by atoms with E-state index < -0.39 is 12.0 Å². The smallest absolute Gasteiger partial charge is 0.400 e. The van der Waals surface area contributed by atoms with E-state index in [1.165, 1.54) is 31.4 Å². The predicted octanol–water partition coefficient (Wildman–Crippen LogP) is 8.46. The summed E-state index contributed by atoms with van der Waals surface area (Å²) in [6.07, 6.45) is 7.26. The largest absolute Gasteiger partial charge is 0.432 e. The second-order valence-corrected chi connectivity index (χ2v) is 8.66. The lowest BCUT2D eigenvalue weighted by Gasteiger charge is -2.33. The molecule has 0 N–H and O–H groups in total. The lowest BCUT2D eigenvalue weighted by atomic mass is 9.79. The van der Waals surface area contributed by atoms with Gasteiger partial charge < -0.3 is 4.74 Å². The van der Waals surface area contributed by atoms with Crippen LogP contribution < -0.4 is 4.74 Å². The van der Waals surface area contributed by atoms with Gasteiger partial charge in [-0.25, -0.2) is 4.39 Å². The molecule has 0 amide bonds. The highest BCUT2D eigenvalue weighted by molar-refractivity contribution is 5.84. The third-order valence-corrected chi connectivity index (χ3v) is 6.39. The lowest BCUT2D eigenvalue weighted by molar-refractivity contribution is -0.223. The minimum atomic E-state index is -3.20. The Morgan fingerprint density at radius 1 is 1.07 bits per heavy atom. The van der Waals surface area contributed by atoms with Gasteiger partial charge in [0.15, 0.2) is 0 Å². The van der Waals surface area contributed by atoms with Gasteiger partial charge in [-0.1, -0.05) is 44.7 Å². The topological polar surface area (TPSA) is 9.23 Å². The van der Waals surface area contributed by atoms with Gasteiger partial charge in [0.05, 0.1) is 5.92 Å². The Bertz CT molecular complexity index is 838. The summed E-state index contributed by atoms with van der Waals surface area (Å²) in [6, 6.07) is 7.97. The average Bonchev–Trinajstić information content (AvgIpc) is 2.72. The zero-order chi connectivity index (χ0) is 21.6. The summed E-state index contributed by atoms with van der Waals surface area (Å²) in [5, 5.41) is 1.39. The minimum absolute atomic E-state index is 0.0933. The fourth-order valence-electron chi connectivity index (χ4n) is 4.52. The number of allylic oxidation sites excluding steroid dienone is 1. The fourth-order valence-corrected chi connectivity index (χ4v) is 4.52. The Labute approximate surface area is 178 Å². The average molecular weight is 419 g/mol. The van der Waals surface area contributed by atoms with E-state index in [4.69, 9.17) is 4.74 Å². The van der Waals surface area contributed by atoms with Gasteiger partial charge in [0.1, 0.15) is 11.6 Å². The number of rotatable bonds is 10.